The Morgan fingerprint density at radius 1 is 1.26 bits per heavy atom. The maximum atomic E-state index is 11.8. The number of hydrogen-bond donors (Lipinski definition) is 2. The second kappa shape index (κ2) is 6.02. The molecule has 2 aromatic heterocycles. The summed E-state index contributed by atoms with van der Waals surface area (Å²) in [6.45, 7) is 2.53. The molecule has 0 aromatic carbocycles. The third kappa shape index (κ3) is 3.06. The highest BCUT2D eigenvalue weighted by atomic mass is 16.2. The molecule has 2 amide bonds. The van der Waals surface area contributed by atoms with E-state index in [1.807, 2.05) is 12.1 Å². The van der Waals surface area contributed by atoms with Crippen LogP contribution in [0.2, 0.25) is 0 Å². The maximum absolute atomic E-state index is 11.8. The number of anilines is 1. The third-order valence-electron chi connectivity index (χ3n) is 4.67. The number of carbonyl (C=O) groups is 1. The van der Waals surface area contributed by atoms with Crippen molar-refractivity contribution in [3.05, 3.63) is 18.5 Å². The summed E-state index contributed by atoms with van der Waals surface area (Å²) in [6, 6.07) is 4.21. The first-order valence-electron chi connectivity index (χ1n) is 8.24. The van der Waals surface area contributed by atoms with E-state index in [1.54, 1.807) is 10.8 Å². The first-order chi connectivity index (χ1) is 11.3. The fourth-order valence-corrected chi connectivity index (χ4v) is 3.32. The van der Waals surface area contributed by atoms with Crippen LogP contribution in [-0.2, 0) is 0 Å². The summed E-state index contributed by atoms with van der Waals surface area (Å²) in [4.78, 5) is 14.0. The average Bonchev–Trinajstić information content (AvgIpc) is 3.16. The predicted octanol–water partition coefficient (Wildman–Crippen LogP) is 0.802. The zero-order chi connectivity index (χ0) is 15.6. The molecule has 2 N–H and O–H groups in total. The molecule has 1 aliphatic heterocycles. The van der Waals surface area contributed by atoms with Crippen LogP contribution < -0.4 is 15.5 Å². The van der Waals surface area contributed by atoms with Gasteiger partial charge in [-0.1, -0.05) is 12.8 Å². The number of nitrogens with one attached hydrogen (secondary N) is 2. The van der Waals surface area contributed by atoms with Gasteiger partial charge in [0.15, 0.2) is 5.65 Å². The number of nitrogens with zero attached hydrogens (tertiary/aromatic N) is 5. The van der Waals surface area contributed by atoms with Gasteiger partial charge in [0, 0.05) is 31.6 Å². The molecule has 1 saturated carbocycles. The fraction of sp³-hybridized carbons (Fsp3) is 0.600. The zero-order valence-electron chi connectivity index (χ0n) is 13.0. The number of hydrogen-bond acceptors (Lipinski definition) is 5. The minimum Gasteiger partial charge on any atom is -0.354 e. The number of urea groups is 1. The van der Waals surface area contributed by atoms with Gasteiger partial charge in [-0.2, -0.15) is 4.52 Å². The predicted molar refractivity (Wildman–Crippen MR) is 85.3 cm³/mol. The number of amides is 2. The summed E-state index contributed by atoms with van der Waals surface area (Å²) in [7, 11) is 0. The molecule has 122 valence electrons. The largest absolute Gasteiger partial charge is 0.354 e. The molecular weight excluding hydrogens is 294 g/mol. The van der Waals surface area contributed by atoms with Gasteiger partial charge in [0.1, 0.15) is 12.1 Å². The molecule has 8 nitrogen and oxygen atoms in total. The van der Waals surface area contributed by atoms with E-state index in [9.17, 15) is 4.79 Å². The van der Waals surface area contributed by atoms with Crippen molar-refractivity contribution in [1.82, 2.24) is 30.4 Å². The monoisotopic (exact) mass is 315 g/mol. The summed E-state index contributed by atoms with van der Waals surface area (Å²) in [6.07, 6.45) is 6.29. The maximum Gasteiger partial charge on any atom is 0.315 e. The van der Waals surface area contributed by atoms with Gasteiger partial charge in [0.2, 0.25) is 0 Å². The van der Waals surface area contributed by atoms with Gasteiger partial charge in [-0.15, -0.1) is 15.3 Å². The van der Waals surface area contributed by atoms with Crippen LogP contribution in [0.4, 0.5) is 10.6 Å². The van der Waals surface area contributed by atoms with Crippen molar-refractivity contribution < 1.29 is 4.79 Å². The average molecular weight is 315 g/mol. The number of carbonyl (C=O) groups excluding carboxylic acids is 1. The van der Waals surface area contributed by atoms with Gasteiger partial charge in [-0.3, -0.25) is 0 Å². The van der Waals surface area contributed by atoms with Crippen LogP contribution in [0.25, 0.3) is 5.65 Å². The van der Waals surface area contributed by atoms with Crippen LogP contribution in [0.1, 0.15) is 25.7 Å². The van der Waals surface area contributed by atoms with Crippen molar-refractivity contribution in [3.8, 4) is 0 Å². The lowest BCUT2D eigenvalue weighted by Crippen LogP contribution is -2.53. The van der Waals surface area contributed by atoms with Crippen molar-refractivity contribution in [2.24, 2.45) is 5.92 Å². The van der Waals surface area contributed by atoms with E-state index in [2.05, 4.69) is 30.8 Å². The van der Waals surface area contributed by atoms with E-state index in [4.69, 9.17) is 0 Å². The summed E-state index contributed by atoms with van der Waals surface area (Å²) >= 11 is 0. The molecule has 1 aliphatic carbocycles. The van der Waals surface area contributed by atoms with Crippen LogP contribution in [0.5, 0.6) is 0 Å². The molecule has 0 radical (unpaired) electrons. The van der Waals surface area contributed by atoms with Gasteiger partial charge in [0.05, 0.1) is 0 Å². The van der Waals surface area contributed by atoms with Crippen LogP contribution in [-0.4, -0.2) is 51.5 Å². The van der Waals surface area contributed by atoms with Crippen molar-refractivity contribution in [3.63, 3.8) is 0 Å². The van der Waals surface area contributed by atoms with Gasteiger partial charge < -0.3 is 15.5 Å². The molecular formula is C15H21N7O. The van der Waals surface area contributed by atoms with Gasteiger partial charge in [-0.05, 0) is 25.0 Å². The molecule has 3 heterocycles. The molecule has 23 heavy (non-hydrogen) atoms. The van der Waals surface area contributed by atoms with Gasteiger partial charge >= 0.3 is 6.03 Å². The van der Waals surface area contributed by atoms with E-state index in [-0.39, 0.29) is 6.03 Å². The minimum absolute atomic E-state index is 0.0283. The number of rotatable bonds is 4. The molecule has 0 atom stereocenters. The lowest BCUT2D eigenvalue weighted by Gasteiger charge is -2.40. The van der Waals surface area contributed by atoms with E-state index in [1.165, 1.54) is 12.8 Å². The topological polar surface area (TPSA) is 87.5 Å². The van der Waals surface area contributed by atoms with Crippen molar-refractivity contribution in [1.29, 1.82) is 0 Å². The Hall–Kier alpha value is -2.38. The second-order valence-corrected chi connectivity index (χ2v) is 6.43. The van der Waals surface area contributed by atoms with Crippen molar-refractivity contribution >= 4 is 17.5 Å². The number of aromatic nitrogens is 4. The lowest BCUT2D eigenvalue weighted by atomic mass is 10.0. The van der Waals surface area contributed by atoms with Crippen LogP contribution >= 0.6 is 0 Å². The summed E-state index contributed by atoms with van der Waals surface area (Å²) < 4.78 is 1.68. The van der Waals surface area contributed by atoms with Crippen molar-refractivity contribution in [2.75, 3.05) is 24.5 Å². The first kappa shape index (κ1) is 14.2. The second-order valence-electron chi connectivity index (χ2n) is 6.43. The molecule has 0 spiro atoms. The Kier molecular flexibility index (Phi) is 3.72. The summed E-state index contributed by atoms with van der Waals surface area (Å²) in [5.74, 6) is 1.40. The molecule has 2 aromatic rings. The highest BCUT2D eigenvalue weighted by molar-refractivity contribution is 5.74. The number of fused-ring (bicyclic) bond motifs is 1. The molecule has 0 bridgehead atoms. The minimum atomic E-state index is -0.0283. The van der Waals surface area contributed by atoms with Gasteiger partial charge in [0.25, 0.3) is 0 Å². The van der Waals surface area contributed by atoms with E-state index >= 15 is 0 Å². The first-order valence-corrected chi connectivity index (χ1v) is 8.24. The van der Waals surface area contributed by atoms with Crippen molar-refractivity contribution in [2.45, 2.75) is 31.7 Å². The third-order valence-corrected chi connectivity index (χ3v) is 4.67. The summed E-state index contributed by atoms with van der Waals surface area (Å²) in [5.41, 5.74) is 0.746. The Bertz CT molecular complexity index is 688. The standard InChI is InChI=1S/C15H21N7O/c23-15(18-12-3-1-2-4-12)16-7-11-8-21(9-11)14-6-5-13-19-17-10-22(13)20-14/h5-6,10-12H,1-4,7-9H2,(H2,16,18,23). The Labute approximate surface area is 134 Å². The molecule has 2 fully saturated rings. The SMILES string of the molecule is O=C(NCC1CN(c2ccc3nncn3n2)C1)NC1CCCC1. The van der Waals surface area contributed by atoms with E-state index in [0.29, 0.717) is 18.5 Å². The molecule has 8 heteroatoms. The fourth-order valence-electron chi connectivity index (χ4n) is 3.32. The quantitative estimate of drug-likeness (QED) is 0.871. The molecule has 4 rings (SSSR count). The smallest absolute Gasteiger partial charge is 0.315 e. The molecule has 1 saturated heterocycles. The van der Waals surface area contributed by atoms with Crippen LogP contribution in [0.15, 0.2) is 18.5 Å². The van der Waals surface area contributed by atoms with Gasteiger partial charge in [-0.25, -0.2) is 4.79 Å². The highest BCUT2D eigenvalue weighted by Crippen LogP contribution is 2.22. The van der Waals surface area contributed by atoms with E-state index in [0.717, 1.165) is 37.4 Å². The Morgan fingerprint density at radius 2 is 2.09 bits per heavy atom. The lowest BCUT2D eigenvalue weighted by molar-refractivity contribution is 0.233. The van der Waals surface area contributed by atoms with Crippen LogP contribution in [0.3, 0.4) is 0 Å². The normalized spacial score (nSPS) is 19.0. The highest BCUT2D eigenvalue weighted by Gasteiger charge is 2.28. The molecule has 2 aliphatic rings. The summed E-state index contributed by atoms with van der Waals surface area (Å²) in [5, 5.41) is 18.3. The zero-order valence-corrected chi connectivity index (χ0v) is 13.0. The van der Waals surface area contributed by atoms with E-state index < -0.39 is 0 Å². The Morgan fingerprint density at radius 3 is 2.91 bits per heavy atom. The Balaban J connectivity index is 1.22. The van der Waals surface area contributed by atoms with Crippen LogP contribution in [0, 0.1) is 5.92 Å². The molecule has 0 unspecified atom stereocenters.